The third kappa shape index (κ3) is 7.37. The van der Waals surface area contributed by atoms with Crippen LogP contribution >= 0.6 is 15.9 Å². The van der Waals surface area contributed by atoms with Crippen molar-refractivity contribution in [3.8, 4) is 0 Å². The van der Waals surface area contributed by atoms with Gasteiger partial charge in [0.2, 0.25) is 0 Å². The molecule has 0 aromatic heterocycles. The second kappa shape index (κ2) is 12.7. The van der Waals surface area contributed by atoms with Gasteiger partial charge < -0.3 is 0 Å². The number of rotatable bonds is 8. The van der Waals surface area contributed by atoms with Crippen LogP contribution in [-0.4, -0.2) is 11.5 Å². The van der Waals surface area contributed by atoms with E-state index in [0.29, 0.717) is 6.42 Å². The standard InChI is InChI=1S/C30H29BrN2/c1-4-25(27-18-9-6-10-19-27)15-11-14-22-30(32-23(2)26-16-7-5-8-17-26)33-24(3)28-20-12-13-21-29(28)31/h4-21,23H,1,22H2,2-3H3/b14-11-,25-15+,32-30?,33-24?. The predicted molar refractivity (Wildman–Crippen MR) is 147 cm³/mol. The number of benzene rings is 3. The van der Waals surface area contributed by atoms with Gasteiger partial charge in [0.15, 0.2) is 0 Å². The number of amidine groups is 1. The molecule has 0 aliphatic heterocycles. The van der Waals surface area contributed by atoms with Crippen LogP contribution in [0.4, 0.5) is 0 Å². The molecule has 33 heavy (non-hydrogen) atoms. The lowest BCUT2D eigenvalue weighted by Crippen LogP contribution is -2.04. The summed E-state index contributed by atoms with van der Waals surface area (Å²) in [5.41, 5.74) is 5.40. The second-order valence-electron chi connectivity index (χ2n) is 7.63. The van der Waals surface area contributed by atoms with Crippen molar-refractivity contribution in [2.75, 3.05) is 0 Å². The molecule has 3 aromatic carbocycles. The lowest BCUT2D eigenvalue weighted by Gasteiger charge is -2.10. The maximum atomic E-state index is 4.96. The van der Waals surface area contributed by atoms with Crippen molar-refractivity contribution in [1.82, 2.24) is 0 Å². The highest BCUT2D eigenvalue weighted by atomic mass is 79.9. The number of hydrogen-bond donors (Lipinski definition) is 0. The summed E-state index contributed by atoms with van der Waals surface area (Å²) in [6.07, 6.45) is 8.73. The van der Waals surface area contributed by atoms with Crippen molar-refractivity contribution in [2.45, 2.75) is 26.3 Å². The predicted octanol–water partition coefficient (Wildman–Crippen LogP) is 8.63. The summed E-state index contributed by atoms with van der Waals surface area (Å²) in [4.78, 5) is 9.87. The zero-order valence-corrected chi connectivity index (χ0v) is 20.7. The van der Waals surface area contributed by atoms with Gasteiger partial charge in [0.1, 0.15) is 5.84 Å². The van der Waals surface area contributed by atoms with Gasteiger partial charge in [0.05, 0.1) is 6.04 Å². The molecule has 3 aromatic rings. The molecule has 0 saturated carbocycles. The first kappa shape index (κ1) is 24.3. The van der Waals surface area contributed by atoms with E-state index in [1.807, 2.05) is 67.6 Å². The van der Waals surface area contributed by atoms with Crippen LogP contribution < -0.4 is 0 Å². The van der Waals surface area contributed by atoms with Crippen molar-refractivity contribution in [3.05, 3.63) is 137 Å². The summed E-state index contributed by atoms with van der Waals surface area (Å²) < 4.78 is 1.03. The van der Waals surface area contributed by atoms with Gasteiger partial charge in [-0.25, -0.2) is 4.99 Å². The van der Waals surface area contributed by atoms with E-state index in [2.05, 4.69) is 78.0 Å². The third-order valence-electron chi connectivity index (χ3n) is 5.22. The van der Waals surface area contributed by atoms with Crippen LogP contribution in [0.25, 0.3) is 5.57 Å². The SMILES string of the molecule is C=C/C(=C\C=C/CC(=NC(C)c1ccccc1)N=C(C)c1ccccc1Br)c1ccccc1. The van der Waals surface area contributed by atoms with Crippen molar-refractivity contribution < 1.29 is 0 Å². The Morgan fingerprint density at radius 3 is 2.24 bits per heavy atom. The van der Waals surface area contributed by atoms with Gasteiger partial charge in [-0.2, -0.15) is 0 Å². The molecule has 0 saturated heterocycles. The molecule has 0 amide bonds. The molecule has 3 heteroatoms. The first-order valence-electron chi connectivity index (χ1n) is 11.0. The molecule has 1 unspecified atom stereocenters. The van der Waals surface area contributed by atoms with E-state index in [4.69, 9.17) is 9.98 Å². The molecular weight excluding hydrogens is 468 g/mol. The second-order valence-corrected chi connectivity index (χ2v) is 8.49. The van der Waals surface area contributed by atoms with E-state index < -0.39 is 0 Å². The Kier molecular flexibility index (Phi) is 9.34. The average Bonchev–Trinajstić information content (AvgIpc) is 2.85. The molecular formula is C30H29BrN2. The van der Waals surface area contributed by atoms with Crippen LogP contribution in [0.15, 0.2) is 130 Å². The van der Waals surface area contributed by atoms with Crippen molar-refractivity contribution in [3.63, 3.8) is 0 Å². The van der Waals surface area contributed by atoms with E-state index in [9.17, 15) is 0 Å². The summed E-state index contributed by atoms with van der Waals surface area (Å²) in [7, 11) is 0. The van der Waals surface area contributed by atoms with Gasteiger partial charge in [-0.05, 0) is 36.6 Å². The van der Waals surface area contributed by atoms with Crippen molar-refractivity contribution in [1.29, 1.82) is 0 Å². The minimum Gasteiger partial charge on any atom is -0.262 e. The first-order chi connectivity index (χ1) is 16.1. The lowest BCUT2D eigenvalue weighted by molar-refractivity contribution is 0.814. The fraction of sp³-hybridized carbons (Fsp3) is 0.133. The minimum absolute atomic E-state index is 0.0222. The first-order valence-corrected chi connectivity index (χ1v) is 11.8. The fourth-order valence-electron chi connectivity index (χ4n) is 3.42. The molecule has 166 valence electrons. The van der Waals surface area contributed by atoms with Gasteiger partial charge in [0.25, 0.3) is 0 Å². The largest absolute Gasteiger partial charge is 0.262 e. The smallest absolute Gasteiger partial charge is 0.127 e. The minimum atomic E-state index is 0.0222. The molecule has 0 bridgehead atoms. The van der Waals surface area contributed by atoms with Gasteiger partial charge in [-0.15, -0.1) is 0 Å². The van der Waals surface area contributed by atoms with Crippen LogP contribution in [-0.2, 0) is 0 Å². The molecule has 0 fully saturated rings. The topological polar surface area (TPSA) is 24.7 Å². The highest BCUT2D eigenvalue weighted by Crippen LogP contribution is 2.20. The normalized spacial score (nSPS) is 13.8. The van der Waals surface area contributed by atoms with Crippen LogP contribution in [0.5, 0.6) is 0 Å². The molecule has 0 N–H and O–H groups in total. The van der Waals surface area contributed by atoms with Crippen molar-refractivity contribution in [2.24, 2.45) is 9.98 Å². The maximum absolute atomic E-state index is 4.96. The Bertz CT molecular complexity index is 1170. The zero-order chi connectivity index (χ0) is 23.5. The number of hydrogen-bond acceptors (Lipinski definition) is 1. The Balaban J connectivity index is 1.87. The van der Waals surface area contributed by atoms with Crippen LogP contribution in [0.1, 0.15) is 43.0 Å². The Labute approximate surface area is 206 Å². The van der Waals surface area contributed by atoms with Crippen molar-refractivity contribution >= 4 is 33.1 Å². The monoisotopic (exact) mass is 496 g/mol. The van der Waals surface area contributed by atoms with Gasteiger partial charge in [-0.3, -0.25) is 4.99 Å². The summed E-state index contributed by atoms with van der Waals surface area (Å²) in [6.45, 7) is 8.08. The lowest BCUT2D eigenvalue weighted by atomic mass is 10.1. The third-order valence-corrected chi connectivity index (χ3v) is 5.92. The molecule has 0 radical (unpaired) electrons. The zero-order valence-electron chi connectivity index (χ0n) is 19.2. The highest BCUT2D eigenvalue weighted by molar-refractivity contribution is 9.10. The fourth-order valence-corrected chi connectivity index (χ4v) is 3.99. The number of aliphatic imine (C=N–C) groups is 2. The van der Waals surface area contributed by atoms with Crippen LogP contribution in [0, 0.1) is 0 Å². The van der Waals surface area contributed by atoms with Gasteiger partial charge in [0, 0.05) is 22.2 Å². The number of halogens is 1. The van der Waals surface area contributed by atoms with Crippen LogP contribution in [0.3, 0.4) is 0 Å². The highest BCUT2D eigenvalue weighted by Gasteiger charge is 2.07. The van der Waals surface area contributed by atoms with E-state index in [-0.39, 0.29) is 6.04 Å². The summed E-state index contributed by atoms with van der Waals surface area (Å²) in [5, 5.41) is 0. The van der Waals surface area contributed by atoms with E-state index in [0.717, 1.165) is 32.7 Å². The molecule has 3 rings (SSSR count). The molecule has 0 spiro atoms. The molecule has 0 heterocycles. The molecule has 2 nitrogen and oxygen atoms in total. The summed E-state index contributed by atoms with van der Waals surface area (Å²) in [6, 6.07) is 28.7. The quantitative estimate of drug-likeness (QED) is 0.169. The average molecular weight is 497 g/mol. The number of allylic oxidation sites excluding steroid dienone is 4. The summed E-state index contributed by atoms with van der Waals surface area (Å²) in [5.74, 6) is 0.795. The maximum Gasteiger partial charge on any atom is 0.127 e. The van der Waals surface area contributed by atoms with E-state index in [1.165, 1.54) is 5.56 Å². The summed E-state index contributed by atoms with van der Waals surface area (Å²) >= 11 is 3.63. The van der Waals surface area contributed by atoms with Gasteiger partial charge >= 0.3 is 0 Å². The number of nitrogens with zero attached hydrogens (tertiary/aromatic N) is 2. The Hall–Kier alpha value is -3.30. The Morgan fingerprint density at radius 2 is 1.58 bits per heavy atom. The van der Waals surface area contributed by atoms with E-state index >= 15 is 0 Å². The van der Waals surface area contributed by atoms with Crippen LogP contribution in [0.2, 0.25) is 0 Å². The molecule has 1 atom stereocenters. The molecule has 0 aliphatic carbocycles. The van der Waals surface area contributed by atoms with Gasteiger partial charge in [-0.1, -0.05) is 126 Å². The van der Waals surface area contributed by atoms with E-state index in [1.54, 1.807) is 0 Å². The molecule has 0 aliphatic rings. The Morgan fingerprint density at radius 1 is 0.939 bits per heavy atom.